The molecule has 0 saturated carbocycles. The first-order valence-electron chi connectivity index (χ1n) is 14.3. The van der Waals surface area contributed by atoms with E-state index < -0.39 is 52.5 Å². The van der Waals surface area contributed by atoms with Gasteiger partial charge in [0.2, 0.25) is 5.41 Å². The first-order valence-corrected chi connectivity index (χ1v) is 14.3. The maximum atomic E-state index is 14.5. The van der Waals surface area contributed by atoms with Crippen molar-refractivity contribution in [1.82, 2.24) is 0 Å². The highest BCUT2D eigenvalue weighted by Gasteiger charge is 2.72. The normalized spacial score (nSPS) is 13.9. The number of hydrogen-bond donors (Lipinski definition) is 1. The molecule has 11 heteroatoms. The Morgan fingerprint density at radius 1 is 0.698 bits per heavy atom. The zero-order chi connectivity index (χ0) is 32.9. The van der Waals surface area contributed by atoms with Gasteiger partial charge in [0.15, 0.2) is 0 Å². The van der Waals surface area contributed by atoms with E-state index >= 15 is 0 Å². The third-order valence-corrected chi connectivity index (χ3v) is 8.63. The number of carbonyl (C=O) groups excluding carboxylic acids is 2. The summed E-state index contributed by atoms with van der Waals surface area (Å²) in [5.41, 5.74) is -8.31. The number of alkyl halides is 6. The van der Waals surface area contributed by atoms with E-state index in [-0.39, 0.29) is 23.1 Å². The van der Waals surface area contributed by atoms with Gasteiger partial charge in [0.05, 0.1) is 17.2 Å². The van der Waals surface area contributed by atoms with E-state index in [1.807, 2.05) is 20.8 Å². The SMILES string of the molecule is CCC(C)(CC)CC(O)COC(=O)c1ccc(C(c2ccc(C(=O)OC(C)(CC)CC)cc2)(C(F)(F)F)C(F)(F)F)cc1. The van der Waals surface area contributed by atoms with Crippen molar-refractivity contribution in [3.05, 3.63) is 70.8 Å². The van der Waals surface area contributed by atoms with E-state index in [2.05, 4.69) is 0 Å². The number of benzene rings is 2. The van der Waals surface area contributed by atoms with E-state index in [1.54, 1.807) is 20.8 Å². The van der Waals surface area contributed by atoms with Crippen LogP contribution in [-0.2, 0) is 14.9 Å². The predicted octanol–water partition coefficient (Wildman–Crippen LogP) is 8.57. The van der Waals surface area contributed by atoms with Crippen LogP contribution in [0.1, 0.15) is 105 Å². The Balaban J connectivity index is 2.42. The van der Waals surface area contributed by atoms with Crippen LogP contribution in [0.2, 0.25) is 0 Å². The number of aliphatic hydroxyl groups excluding tert-OH is 1. The molecule has 0 heterocycles. The molecule has 43 heavy (non-hydrogen) atoms. The Morgan fingerprint density at radius 3 is 1.44 bits per heavy atom. The fourth-order valence-corrected chi connectivity index (χ4v) is 4.79. The molecule has 240 valence electrons. The third-order valence-electron chi connectivity index (χ3n) is 8.63. The molecule has 2 aromatic carbocycles. The van der Waals surface area contributed by atoms with Gasteiger partial charge in [0.1, 0.15) is 12.2 Å². The van der Waals surface area contributed by atoms with Crippen LogP contribution in [0.25, 0.3) is 0 Å². The van der Waals surface area contributed by atoms with Crippen LogP contribution in [0.15, 0.2) is 48.5 Å². The summed E-state index contributed by atoms with van der Waals surface area (Å²) in [5, 5.41) is 10.3. The van der Waals surface area contributed by atoms with Crippen LogP contribution in [0.3, 0.4) is 0 Å². The van der Waals surface area contributed by atoms with Crippen molar-refractivity contribution < 1.29 is 50.5 Å². The summed E-state index contributed by atoms with van der Waals surface area (Å²) in [7, 11) is 0. The van der Waals surface area contributed by atoms with Gasteiger partial charge in [0, 0.05) is 0 Å². The van der Waals surface area contributed by atoms with E-state index in [4.69, 9.17) is 9.47 Å². The van der Waals surface area contributed by atoms with Crippen LogP contribution < -0.4 is 0 Å². The van der Waals surface area contributed by atoms with Gasteiger partial charge < -0.3 is 14.6 Å². The van der Waals surface area contributed by atoms with Gasteiger partial charge in [-0.25, -0.2) is 9.59 Å². The number of hydrogen-bond acceptors (Lipinski definition) is 5. The summed E-state index contributed by atoms with van der Waals surface area (Å²) in [6, 6.07) is 5.75. The third kappa shape index (κ3) is 7.91. The van der Waals surface area contributed by atoms with Gasteiger partial charge in [-0.05, 0) is 67.0 Å². The first kappa shape index (κ1) is 36.1. The molecule has 1 unspecified atom stereocenters. The number of esters is 2. The lowest BCUT2D eigenvalue weighted by molar-refractivity contribution is -0.288. The summed E-state index contributed by atoms with van der Waals surface area (Å²) >= 11 is 0. The minimum atomic E-state index is -5.85. The van der Waals surface area contributed by atoms with Crippen molar-refractivity contribution in [1.29, 1.82) is 0 Å². The Kier molecular flexibility index (Phi) is 11.5. The van der Waals surface area contributed by atoms with Crippen LogP contribution in [-0.4, -0.2) is 47.7 Å². The van der Waals surface area contributed by atoms with Crippen molar-refractivity contribution >= 4 is 11.9 Å². The average molecular weight is 619 g/mol. The standard InChI is InChI=1S/C32H40F6O5/c1-7-28(5,8-2)19-25(39)20-42-26(40)21-11-15-23(16-12-21)30(31(33,34)35,32(36,37)38)24-17-13-22(14-18-24)27(41)43-29(6,9-3)10-4/h11-18,25,39H,7-10,19-20H2,1-6H3. The van der Waals surface area contributed by atoms with Gasteiger partial charge in [0.25, 0.3) is 0 Å². The maximum absolute atomic E-state index is 14.5. The lowest BCUT2D eigenvalue weighted by Crippen LogP contribution is -2.54. The van der Waals surface area contributed by atoms with Gasteiger partial charge in [-0.3, -0.25) is 0 Å². The van der Waals surface area contributed by atoms with Crippen molar-refractivity contribution in [2.75, 3.05) is 6.61 Å². The van der Waals surface area contributed by atoms with Gasteiger partial charge >= 0.3 is 24.3 Å². The molecule has 5 nitrogen and oxygen atoms in total. The van der Waals surface area contributed by atoms with E-state index in [9.17, 15) is 41.0 Å². The molecular formula is C32H40F6O5. The van der Waals surface area contributed by atoms with Crippen molar-refractivity contribution in [3.8, 4) is 0 Å². The summed E-state index contributed by atoms with van der Waals surface area (Å²) < 4.78 is 97.8. The highest BCUT2D eigenvalue weighted by Crippen LogP contribution is 2.56. The maximum Gasteiger partial charge on any atom is 0.411 e. The molecule has 0 fully saturated rings. The molecule has 0 radical (unpaired) electrons. The summed E-state index contributed by atoms with van der Waals surface area (Å²) in [6.07, 6.45) is -9.88. The van der Waals surface area contributed by atoms with Crippen LogP contribution in [0.4, 0.5) is 26.3 Å². The van der Waals surface area contributed by atoms with Crippen molar-refractivity contribution in [3.63, 3.8) is 0 Å². The average Bonchev–Trinajstić information content (AvgIpc) is 2.95. The Morgan fingerprint density at radius 2 is 1.09 bits per heavy atom. The molecule has 2 aromatic rings. The molecule has 0 aliphatic carbocycles. The molecule has 0 aliphatic rings. The van der Waals surface area contributed by atoms with Gasteiger partial charge in [-0.2, -0.15) is 26.3 Å². The Labute approximate surface area is 248 Å². The second kappa shape index (κ2) is 13.7. The molecule has 2 rings (SSSR count). The lowest BCUT2D eigenvalue weighted by Gasteiger charge is -2.38. The molecule has 0 aromatic heterocycles. The number of aliphatic hydroxyl groups is 1. The van der Waals surface area contributed by atoms with Crippen molar-refractivity contribution in [2.24, 2.45) is 5.41 Å². The van der Waals surface area contributed by atoms with Gasteiger partial charge in [-0.15, -0.1) is 0 Å². The molecule has 1 atom stereocenters. The topological polar surface area (TPSA) is 72.8 Å². The minimum absolute atomic E-state index is 0.184. The molecule has 0 amide bonds. The van der Waals surface area contributed by atoms with Crippen LogP contribution >= 0.6 is 0 Å². The molecular weight excluding hydrogens is 578 g/mol. The highest BCUT2D eigenvalue weighted by atomic mass is 19.4. The fraction of sp³-hybridized carbons (Fsp3) is 0.562. The number of ether oxygens (including phenoxy) is 2. The molecule has 0 spiro atoms. The van der Waals surface area contributed by atoms with Crippen molar-refractivity contribution in [2.45, 2.75) is 103 Å². The minimum Gasteiger partial charge on any atom is -0.459 e. The van der Waals surface area contributed by atoms with Gasteiger partial charge in [-0.1, -0.05) is 71.7 Å². The quantitative estimate of drug-likeness (QED) is 0.180. The molecule has 1 N–H and O–H groups in total. The smallest absolute Gasteiger partial charge is 0.411 e. The number of halogens is 6. The number of carbonyl (C=O) groups is 2. The summed E-state index contributed by atoms with van der Waals surface area (Å²) in [5.74, 6) is -1.87. The molecule has 0 bridgehead atoms. The molecule has 0 aliphatic heterocycles. The number of rotatable bonds is 13. The first-order chi connectivity index (χ1) is 19.8. The molecule has 0 saturated heterocycles. The highest BCUT2D eigenvalue weighted by molar-refractivity contribution is 5.90. The van der Waals surface area contributed by atoms with Crippen LogP contribution in [0, 0.1) is 5.41 Å². The Bertz CT molecular complexity index is 1200. The van der Waals surface area contributed by atoms with E-state index in [0.29, 0.717) is 43.5 Å². The van der Waals surface area contributed by atoms with Crippen LogP contribution in [0.5, 0.6) is 0 Å². The van der Waals surface area contributed by atoms with E-state index in [0.717, 1.165) is 37.1 Å². The zero-order valence-electron chi connectivity index (χ0n) is 25.3. The second-order valence-corrected chi connectivity index (χ2v) is 11.4. The zero-order valence-corrected chi connectivity index (χ0v) is 25.3. The fourth-order valence-electron chi connectivity index (χ4n) is 4.79. The lowest BCUT2D eigenvalue weighted by atomic mass is 9.72. The summed E-state index contributed by atoms with van der Waals surface area (Å²) in [4.78, 5) is 25.1. The monoisotopic (exact) mass is 618 g/mol. The van der Waals surface area contributed by atoms with E-state index in [1.165, 1.54) is 0 Å². The largest absolute Gasteiger partial charge is 0.459 e. The predicted molar refractivity (Wildman–Crippen MR) is 150 cm³/mol. The summed E-state index contributed by atoms with van der Waals surface area (Å²) in [6.45, 7) is 10.8. The second-order valence-electron chi connectivity index (χ2n) is 11.4. The Hall–Kier alpha value is -3.08.